The number of halogens is 1. The van der Waals surface area contributed by atoms with Gasteiger partial charge in [-0.3, -0.25) is 4.79 Å². The van der Waals surface area contributed by atoms with Gasteiger partial charge in [-0.05, 0) is 46.4 Å². The van der Waals surface area contributed by atoms with Gasteiger partial charge < -0.3 is 10.5 Å². The third-order valence-electron chi connectivity index (χ3n) is 1.62. The number of primary amides is 1. The Balaban J connectivity index is 2.96. The number of amides is 1. The van der Waals surface area contributed by atoms with Crippen molar-refractivity contribution >= 4 is 28.5 Å². The highest BCUT2D eigenvalue weighted by atomic mass is 127. The Kier molecular flexibility index (Phi) is 3.53. The summed E-state index contributed by atoms with van der Waals surface area (Å²) >= 11 is 2.16. The fourth-order valence-corrected chi connectivity index (χ4v) is 1.53. The molecule has 3 nitrogen and oxygen atoms in total. The minimum absolute atomic E-state index is 0.259. The molecule has 2 N–H and O–H groups in total. The van der Waals surface area contributed by atoms with Crippen LogP contribution in [0.1, 0.15) is 5.56 Å². The van der Waals surface area contributed by atoms with Crippen LogP contribution < -0.4 is 10.5 Å². The predicted octanol–water partition coefficient (Wildman–Crippen LogP) is 1.33. The van der Waals surface area contributed by atoms with E-state index >= 15 is 0 Å². The van der Waals surface area contributed by atoms with Crippen LogP contribution >= 0.6 is 22.6 Å². The van der Waals surface area contributed by atoms with Crippen molar-refractivity contribution < 1.29 is 9.53 Å². The molecule has 13 heavy (non-hydrogen) atoms. The summed E-state index contributed by atoms with van der Waals surface area (Å²) in [7, 11) is 1.59. The van der Waals surface area contributed by atoms with E-state index in [1.165, 1.54) is 0 Å². The van der Waals surface area contributed by atoms with E-state index in [0.29, 0.717) is 0 Å². The van der Waals surface area contributed by atoms with E-state index in [4.69, 9.17) is 10.5 Å². The molecule has 1 amide bonds. The second-order valence-electron chi connectivity index (χ2n) is 2.60. The Morgan fingerprint density at radius 2 is 2.31 bits per heavy atom. The maximum Gasteiger partial charge on any atom is 0.221 e. The number of benzene rings is 1. The topological polar surface area (TPSA) is 52.3 Å². The Labute approximate surface area is 90.4 Å². The van der Waals surface area contributed by atoms with E-state index in [0.717, 1.165) is 14.9 Å². The standard InChI is InChI=1S/C9H10INO2/c1-13-7-2-3-8(10)6(4-7)5-9(11)12/h2-4H,5H2,1H3,(H2,11,12). The molecule has 0 aliphatic rings. The van der Waals surface area contributed by atoms with Crippen LogP contribution in [-0.4, -0.2) is 13.0 Å². The molecule has 0 spiro atoms. The van der Waals surface area contributed by atoms with Crippen LogP contribution in [-0.2, 0) is 11.2 Å². The van der Waals surface area contributed by atoms with Crippen molar-refractivity contribution in [2.24, 2.45) is 5.73 Å². The van der Waals surface area contributed by atoms with Crippen molar-refractivity contribution in [3.05, 3.63) is 27.3 Å². The first-order valence-electron chi connectivity index (χ1n) is 3.74. The van der Waals surface area contributed by atoms with Gasteiger partial charge in [0.1, 0.15) is 5.75 Å². The minimum Gasteiger partial charge on any atom is -0.497 e. The zero-order valence-electron chi connectivity index (χ0n) is 7.21. The maximum absolute atomic E-state index is 10.7. The van der Waals surface area contributed by atoms with E-state index in [1.54, 1.807) is 7.11 Å². The first-order valence-corrected chi connectivity index (χ1v) is 4.82. The average Bonchev–Trinajstić information content (AvgIpc) is 2.08. The predicted molar refractivity (Wildman–Crippen MR) is 58.6 cm³/mol. The smallest absolute Gasteiger partial charge is 0.221 e. The first-order chi connectivity index (χ1) is 6.13. The lowest BCUT2D eigenvalue weighted by molar-refractivity contribution is -0.117. The van der Waals surface area contributed by atoms with Gasteiger partial charge in [-0.1, -0.05) is 0 Å². The van der Waals surface area contributed by atoms with Crippen molar-refractivity contribution in [2.75, 3.05) is 7.11 Å². The molecular weight excluding hydrogens is 281 g/mol. The Hall–Kier alpha value is -0.780. The van der Waals surface area contributed by atoms with E-state index in [2.05, 4.69) is 22.6 Å². The first kappa shape index (κ1) is 10.3. The number of methoxy groups -OCH3 is 1. The molecule has 1 rings (SSSR count). The Morgan fingerprint density at radius 3 is 2.85 bits per heavy atom. The number of ether oxygens (including phenoxy) is 1. The molecule has 0 heterocycles. The van der Waals surface area contributed by atoms with Gasteiger partial charge in [-0.25, -0.2) is 0 Å². The SMILES string of the molecule is COc1ccc(I)c(CC(N)=O)c1. The average molecular weight is 291 g/mol. The van der Waals surface area contributed by atoms with Crippen molar-refractivity contribution in [1.82, 2.24) is 0 Å². The molecule has 0 aliphatic heterocycles. The van der Waals surface area contributed by atoms with Gasteiger partial charge in [0, 0.05) is 3.57 Å². The normalized spacial score (nSPS) is 9.69. The number of hydrogen-bond donors (Lipinski definition) is 1. The second-order valence-corrected chi connectivity index (χ2v) is 3.76. The van der Waals surface area contributed by atoms with E-state index in [-0.39, 0.29) is 12.3 Å². The molecular formula is C9H10INO2. The van der Waals surface area contributed by atoms with Gasteiger partial charge in [0.15, 0.2) is 0 Å². The summed E-state index contributed by atoms with van der Waals surface area (Å²) in [5, 5.41) is 0. The number of rotatable bonds is 3. The van der Waals surface area contributed by atoms with Crippen molar-refractivity contribution in [1.29, 1.82) is 0 Å². The third-order valence-corrected chi connectivity index (χ3v) is 2.67. The van der Waals surface area contributed by atoms with Gasteiger partial charge in [0.2, 0.25) is 5.91 Å². The molecule has 4 heteroatoms. The monoisotopic (exact) mass is 291 g/mol. The van der Waals surface area contributed by atoms with E-state index < -0.39 is 0 Å². The fraction of sp³-hybridized carbons (Fsp3) is 0.222. The second kappa shape index (κ2) is 4.45. The summed E-state index contributed by atoms with van der Waals surface area (Å²) in [5.41, 5.74) is 6.01. The highest BCUT2D eigenvalue weighted by Crippen LogP contribution is 2.19. The zero-order chi connectivity index (χ0) is 9.84. The quantitative estimate of drug-likeness (QED) is 0.854. The third kappa shape index (κ3) is 2.87. The van der Waals surface area contributed by atoms with Crippen LogP contribution in [0.2, 0.25) is 0 Å². The van der Waals surface area contributed by atoms with E-state index in [1.807, 2.05) is 18.2 Å². The Morgan fingerprint density at radius 1 is 1.62 bits per heavy atom. The van der Waals surface area contributed by atoms with E-state index in [9.17, 15) is 4.79 Å². The van der Waals surface area contributed by atoms with Gasteiger partial charge in [0.05, 0.1) is 13.5 Å². The molecule has 0 aliphatic carbocycles. The van der Waals surface area contributed by atoms with Crippen molar-refractivity contribution in [3.63, 3.8) is 0 Å². The zero-order valence-corrected chi connectivity index (χ0v) is 9.37. The van der Waals surface area contributed by atoms with Crippen LogP contribution in [0.4, 0.5) is 0 Å². The molecule has 0 aromatic heterocycles. The minimum atomic E-state index is -0.328. The molecule has 0 atom stereocenters. The van der Waals surface area contributed by atoms with Crippen molar-refractivity contribution in [3.8, 4) is 5.75 Å². The maximum atomic E-state index is 10.7. The highest BCUT2D eigenvalue weighted by molar-refractivity contribution is 14.1. The summed E-state index contributed by atoms with van der Waals surface area (Å²) in [5.74, 6) is 0.419. The molecule has 70 valence electrons. The summed E-state index contributed by atoms with van der Waals surface area (Å²) in [4.78, 5) is 10.7. The number of carbonyl (C=O) groups excluding carboxylic acids is 1. The fourth-order valence-electron chi connectivity index (χ4n) is 1.00. The number of hydrogen-bond acceptors (Lipinski definition) is 2. The number of nitrogens with two attached hydrogens (primary N) is 1. The largest absolute Gasteiger partial charge is 0.497 e. The van der Waals surface area contributed by atoms with Crippen LogP contribution in [0, 0.1) is 3.57 Å². The van der Waals surface area contributed by atoms with Crippen LogP contribution in [0.25, 0.3) is 0 Å². The van der Waals surface area contributed by atoms with Crippen molar-refractivity contribution in [2.45, 2.75) is 6.42 Å². The Bertz CT molecular complexity index is 325. The molecule has 0 fully saturated rings. The molecule has 0 bridgehead atoms. The van der Waals surface area contributed by atoms with Gasteiger partial charge >= 0.3 is 0 Å². The van der Waals surface area contributed by atoms with Gasteiger partial charge in [0.25, 0.3) is 0 Å². The summed E-state index contributed by atoms with van der Waals surface area (Å²) in [6.45, 7) is 0. The lowest BCUT2D eigenvalue weighted by Crippen LogP contribution is -2.14. The molecule has 0 saturated carbocycles. The lowest BCUT2D eigenvalue weighted by atomic mass is 10.1. The highest BCUT2D eigenvalue weighted by Gasteiger charge is 2.04. The molecule has 1 aromatic rings. The summed E-state index contributed by atoms with van der Waals surface area (Å²) in [6, 6.07) is 5.58. The van der Waals surface area contributed by atoms with Crippen LogP contribution in [0.15, 0.2) is 18.2 Å². The molecule has 0 radical (unpaired) electrons. The molecule has 0 saturated heterocycles. The molecule has 0 unspecified atom stereocenters. The van der Waals surface area contributed by atoms with Crippen LogP contribution in [0.5, 0.6) is 5.75 Å². The van der Waals surface area contributed by atoms with Crippen LogP contribution in [0.3, 0.4) is 0 Å². The number of carbonyl (C=O) groups is 1. The summed E-state index contributed by atoms with van der Waals surface area (Å²) in [6.07, 6.45) is 0.259. The molecule has 1 aromatic carbocycles. The van der Waals surface area contributed by atoms with Gasteiger partial charge in [-0.15, -0.1) is 0 Å². The lowest BCUT2D eigenvalue weighted by Gasteiger charge is -2.04. The summed E-state index contributed by atoms with van der Waals surface area (Å²) < 4.78 is 6.06. The van der Waals surface area contributed by atoms with Gasteiger partial charge in [-0.2, -0.15) is 0 Å².